The summed E-state index contributed by atoms with van der Waals surface area (Å²) in [4.78, 5) is 11.8. The van der Waals surface area contributed by atoms with Crippen molar-refractivity contribution in [3.8, 4) is 5.75 Å². The minimum absolute atomic E-state index is 0.0748. The number of ether oxygens (including phenoxy) is 1. The van der Waals surface area contributed by atoms with Crippen LogP contribution in [0.3, 0.4) is 0 Å². The predicted molar refractivity (Wildman–Crippen MR) is 83.1 cm³/mol. The maximum absolute atomic E-state index is 11.8. The highest BCUT2D eigenvalue weighted by Gasteiger charge is 2.13. The van der Waals surface area contributed by atoms with Crippen molar-refractivity contribution in [3.05, 3.63) is 27.7 Å². The highest BCUT2D eigenvalue weighted by molar-refractivity contribution is 9.10. The van der Waals surface area contributed by atoms with E-state index in [0.29, 0.717) is 21.2 Å². The van der Waals surface area contributed by atoms with E-state index in [1.165, 1.54) is 0 Å². The molecule has 0 aromatic heterocycles. The number of carbonyl (C=O) groups excluding carboxylic acids is 1. The molecule has 112 valence electrons. The van der Waals surface area contributed by atoms with Gasteiger partial charge in [-0.1, -0.05) is 25.4 Å². The Morgan fingerprint density at radius 3 is 2.75 bits per heavy atom. The van der Waals surface area contributed by atoms with E-state index in [4.69, 9.17) is 16.3 Å². The molecule has 0 saturated carbocycles. The topological polar surface area (TPSA) is 58.6 Å². The molecular weight excluding hydrogens is 346 g/mol. The second kappa shape index (κ2) is 8.49. The van der Waals surface area contributed by atoms with Gasteiger partial charge in [-0.15, -0.1) is 0 Å². The molecule has 0 spiro atoms. The summed E-state index contributed by atoms with van der Waals surface area (Å²) >= 11 is 9.14. The van der Waals surface area contributed by atoms with Gasteiger partial charge in [0.2, 0.25) is 0 Å². The minimum atomic E-state index is -0.258. The van der Waals surface area contributed by atoms with Crippen LogP contribution in [0.25, 0.3) is 0 Å². The highest BCUT2D eigenvalue weighted by atomic mass is 79.9. The quantitative estimate of drug-likeness (QED) is 0.782. The molecule has 0 heterocycles. The van der Waals surface area contributed by atoms with Gasteiger partial charge in [0.25, 0.3) is 5.91 Å². The SMILES string of the molecule is CC(C)CC(CO)NC(=O)COc1ccc(Cl)cc1Br. The van der Waals surface area contributed by atoms with Gasteiger partial charge in [-0.25, -0.2) is 0 Å². The lowest BCUT2D eigenvalue weighted by Crippen LogP contribution is -2.40. The van der Waals surface area contributed by atoms with E-state index in [9.17, 15) is 9.90 Å². The van der Waals surface area contributed by atoms with Gasteiger partial charge in [0.05, 0.1) is 17.1 Å². The van der Waals surface area contributed by atoms with Crippen LogP contribution >= 0.6 is 27.5 Å². The Balaban J connectivity index is 2.46. The van der Waals surface area contributed by atoms with Crippen LogP contribution in [0.5, 0.6) is 5.75 Å². The molecule has 4 nitrogen and oxygen atoms in total. The smallest absolute Gasteiger partial charge is 0.258 e. The maximum atomic E-state index is 11.8. The number of aliphatic hydroxyl groups is 1. The first kappa shape index (κ1) is 17.3. The maximum Gasteiger partial charge on any atom is 0.258 e. The van der Waals surface area contributed by atoms with E-state index in [1.54, 1.807) is 18.2 Å². The predicted octanol–water partition coefficient (Wildman–Crippen LogP) is 3.00. The molecule has 0 bridgehead atoms. The van der Waals surface area contributed by atoms with Crippen LogP contribution in [-0.4, -0.2) is 30.3 Å². The molecule has 0 fully saturated rings. The van der Waals surface area contributed by atoms with Crippen LogP contribution in [0.4, 0.5) is 0 Å². The summed E-state index contributed by atoms with van der Waals surface area (Å²) in [5.74, 6) is 0.694. The van der Waals surface area contributed by atoms with Gasteiger partial charge in [0, 0.05) is 5.02 Å². The number of amides is 1. The molecule has 1 atom stereocenters. The minimum Gasteiger partial charge on any atom is -0.483 e. The fourth-order valence-electron chi connectivity index (χ4n) is 1.75. The van der Waals surface area contributed by atoms with E-state index in [0.717, 1.165) is 6.42 Å². The van der Waals surface area contributed by atoms with Crippen LogP contribution in [-0.2, 0) is 4.79 Å². The molecule has 0 aliphatic heterocycles. The fraction of sp³-hybridized carbons (Fsp3) is 0.500. The molecule has 0 aliphatic rings. The standard InChI is InChI=1S/C14H19BrClNO3/c1-9(2)5-11(7-18)17-14(19)8-20-13-4-3-10(16)6-12(13)15/h3-4,6,9,11,18H,5,7-8H2,1-2H3,(H,17,19). The number of hydrogen-bond acceptors (Lipinski definition) is 3. The lowest BCUT2D eigenvalue weighted by molar-refractivity contribution is -0.124. The van der Waals surface area contributed by atoms with Crippen molar-refractivity contribution in [2.24, 2.45) is 5.92 Å². The van der Waals surface area contributed by atoms with E-state index in [2.05, 4.69) is 21.2 Å². The van der Waals surface area contributed by atoms with Gasteiger partial charge < -0.3 is 15.2 Å². The second-order valence-corrected chi connectivity index (χ2v) is 6.23. The number of nitrogens with one attached hydrogen (secondary N) is 1. The molecule has 0 saturated heterocycles. The van der Waals surface area contributed by atoms with E-state index < -0.39 is 0 Å². The average Bonchev–Trinajstić information content (AvgIpc) is 2.36. The van der Waals surface area contributed by atoms with Gasteiger partial charge in [-0.2, -0.15) is 0 Å². The zero-order valence-corrected chi connectivity index (χ0v) is 13.9. The number of hydrogen-bond donors (Lipinski definition) is 2. The van der Waals surface area contributed by atoms with Crippen LogP contribution in [0.15, 0.2) is 22.7 Å². The Morgan fingerprint density at radius 2 is 2.20 bits per heavy atom. The third-order valence-corrected chi connectivity index (χ3v) is 3.45. The second-order valence-electron chi connectivity index (χ2n) is 4.94. The summed E-state index contributed by atoms with van der Waals surface area (Å²) in [6, 6.07) is 4.84. The Hall–Kier alpha value is -0.780. The molecule has 1 unspecified atom stereocenters. The number of carbonyl (C=O) groups is 1. The molecule has 1 aromatic carbocycles. The molecule has 2 N–H and O–H groups in total. The zero-order chi connectivity index (χ0) is 15.1. The first-order valence-corrected chi connectivity index (χ1v) is 7.57. The van der Waals surface area contributed by atoms with Crippen molar-refractivity contribution in [3.63, 3.8) is 0 Å². The normalized spacial score (nSPS) is 12.3. The van der Waals surface area contributed by atoms with Crippen LogP contribution in [0.2, 0.25) is 5.02 Å². The van der Waals surface area contributed by atoms with Crippen molar-refractivity contribution in [2.45, 2.75) is 26.3 Å². The van der Waals surface area contributed by atoms with Crippen molar-refractivity contribution in [1.82, 2.24) is 5.32 Å². The molecule has 1 amide bonds. The third-order valence-electron chi connectivity index (χ3n) is 2.59. The molecular formula is C14H19BrClNO3. The van der Waals surface area contributed by atoms with Gasteiger partial charge in [0.15, 0.2) is 6.61 Å². The van der Waals surface area contributed by atoms with E-state index in [-0.39, 0.29) is 25.2 Å². The molecule has 20 heavy (non-hydrogen) atoms. The summed E-state index contributed by atoms with van der Waals surface area (Å²) in [7, 11) is 0. The summed E-state index contributed by atoms with van der Waals surface area (Å²) < 4.78 is 6.10. The highest BCUT2D eigenvalue weighted by Crippen LogP contribution is 2.27. The van der Waals surface area contributed by atoms with Crippen LogP contribution < -0.4 is 10.1 Å². The summed E-state index contributed by atoms with van der Waals surface area (Å²) in [5, 5.41) is 12.5. The Morgan fingerprint density at radius 1 is 1.50 bits per heavy atom. The van der Waals surface area contributed by atoms with E-state index >= 15 is 0 Å². The Labute approximate surface area is 132 Å². The van der Waals surface area contributed by atoms with Crippen molar-refractivity contribution < 1.29 is 14.6 Å². The van der Waals surface area contributed by atoms with Crippen molar-refractivity contribution in [2.75, 3.05) is 13.2 Å². The number of rotatable bonds is 7. The molecule has 0 aliphatic carbocycles. The molecule has 6 heteroatoms. The average molecular weight is 365 g/mol. The van der Waals surface area contributed by atoms with Crippen LogP contribution in [0.1, 0.15) is 20.3 Å². The summed E-state index contributed by atoms with van der Waals surface area (Å²) in [6.45, 7) is 3.90. The zero-order valence-electron chi connectivity index (χ0n) is 11.5. The van der Waals surface area contributed by atoms with Crippen molar-refractivity contribution in [1.29, 1.82) is 0 Å². The van der Waals surface area contributed by atoms with Crippen LogP contribution in [0, 0.1) is 5.92 Å². The van der Waals surface area contributed by atoms with E-state index in [1.807, 2.05) is 13.8 Å². The number of aliphatic hydroxyl groups excluding tert-OH is 1. The molecule has 1 rings (SSSR count). The fourth-order valence-corrected chi connectivity index (χ4v) is 2.55. The van der Waals surface area contributed by atoms with Gasteiger partial charge in [-0.3, -0.25) is 4.79 Å². The largest absolute Gasteiger partial charge is 0.483 e. The first-order valence-electron chi connectivity index (χ1n) is 6.40. The first-order chi connectivity index (χ1) is 9.42. The molecule has 1 aromatic rings. The van der Waals surface area contributed by atoms with Gasteiger partial charge in [0.1, 0.15) is 5.75 Å². The number of benzene rings is 1. The lowest BCUT2D eigenvalue weighted by atomic mass is 10.0. The van der Waals surface area contributed by atoms with Gasteiger partial charge in [-0.05, 0) is 46.5 Å². The summed E-state index contributed by atoms with van der Waals surface area (Å²) in [6.07, 6.45) is 0.729. The Kier molecular flexibility index (Phi) is 7.34. The monoisotopic (exact) mass is 363 g/mol. The molecule has 0 radical (unpaired) electrons. The van der Waals surface area contributed by atoms with Crippen molar-refractivity contribution >= 4 is 33.4 Å². The summed E-state index contributed by atoms with van der Waals surface area (Å²) in [5.41, 5.74) is 0. The lowest BCUT2D eigenvalue weighted by Gasteiger charge is -2.18. The Bertz CT molecular complexity index is 454. The van der Waals surface area contributed by atoms with Gasteiger partial charge >= 0.3 is 0 Å². The number of halogens is 2. The third kappa shape index (κ3) is 6.11.